The number of nitrogen functional groups attached to an aromatic ring is 1. The molecule has 1 fully saturated rings. The molecule has 1 aromatic rings. The molecule has 2 rings (SSSR count). The van der Waals surface area contributed by atoms with Crippen LogP contribution in [0.2, 0.25) is 0 Å². The van der Waals surface area contributed by atoms with E-state index < -0.39 is 26.7 Å². The Kier molecular flexibility index (Phi) is 3.26. The Hall–Kier alpha value is -1.28. The predicted molar refractivity (Wildman–Crippen MR) is 63.9 cm³/mol. The second-order valence-corrected chi connectivity index (χ2v) is 6.26. The Balaban J connectivity index is 2.52. The van der Waals surface area contributed by atoms with Crippen molar-refractivity contribution >= 4 is 15.7 Å². The summed E-state index contributed by atoms with van der Waals surface area (Å²) in [5, 5.41) is 0. The van der Waals surface area contributed by atoms with E-state index in [-0.39, 0.29) is 17.3 Å². The third-order valence-corrected chi connectivity index (χ3v) is 4.56. The lowest BCUT2D eigenvalue weighted by Gasteiger charge is -2.14. The molecule has 0 radical (unpaired) electrons. The van der Waals surface area contributed by atoms with Gasteiger partial charge in [-0.25, -0.2) is 13.1 Å². The molecule has 0 spiro atoms. The van der Waals surface area contributed by atoms with Crippen LogP contribution in [0, 0.1) is 6.92 Å². The molecule has 106 valence electrons. The van der Waals surface area contributed by atoms with Crippen molar-refractivity contribution < 1.29 is 21.6 Å². The Morgan fingerprint density at radius 3 is 2.37 bits per heavy atom. The quantitative estimate of drug-likeness (QED) is 0.838. The Morgan fingerprint density at radius 2 is 1.89 bits per heavy atom. The maximum Gasteiger partial charge on any atom is 0.416 e. The number of nitrogens with two attached hydrogens (primary N) is 1. The molecule has 1 aliphatic carbocycles. The average molecular weight is 294 g/mol. The van der Waals surface area contributed by atoms with E-state index >= 15 is 0 Å². The van der Waals surface area contributed by atoms with Crippen molar-refractivity contribution in [2.24, 2.45) is 0 Å². The van der Waals surface area contributed by atoms with E-state index in [0.717, 1.165) is 6.07 Å². The molecule has 19 heavy (non-hydrogen) atoms. The predicted octanol–water partition coefficient (Wildman–Crippen LogP) is 2.04. The van der Waals surface area contributed by atoms with E-state index in [1.807, 2.05) is 0 Å². The van der Waals surface area contributed by atoms with Gasteiger partial charge in [0.15, 0.2) is 0 Å². The summed E-state index contributed by atoms with van der Waals surface area (Å²) in [6.07, 6.45) is -3.23. The van der Waals surface area contributed by atoms with Crippen molar-refractivity contribution in [2.45, 2.75) is 36.9 Å². The molecule has 0 saturated heterocycles. The first-order valence-corrected chi connectivity index (χ1v) is 7.09. The van der Waals surface area contributed by atoms with Crippen LogP contribution in [0.15, 0.2) is 17.0 Å². The van der Waals surface area contributed by atoms with Gasteiger partial charge in [0.1, 0.15) is 0 Å². The molecule has 1 saturated carbocycles. The minimum atomic E-state index is -4.63. The van der Waals surface area contributed by atoms with E-state index in [2.05, 4.69) is 4.72 Å². The lowest BCUT2D eigenvalue weighted by molar-refractivity contribution is -0.137. The number of hydrogen-bond donors (Lipinski definition) is 2. The number of halogens is 3. The largest absolute Gasteiger partial charge is 0.416 e. The third-order valence-electron chi connectivity index (χ3n) is 2.92. The highest BCUT2D eigenvalue weighted by Crippen LogP contribution is 2.35. The van der Waals surface area contributed by atoms with Crippen molar-refractivity contribution in [3.63, 3.8) is 0 Å². The van der Waals surface area contributed by atoms with E-state index in [1.165, 1.54) is 6.92 Å². The van der Waals surface area contributed by atoms with Crippen molar-refractivity contribution in [3.05, 3.63) is 23.3 Å². The zero-order chi connectivity index (χ0) is 14.4. The van der Waals surface area contributed by atoms with Gasteiger partial charge < -0.3 is 5.73 Å². The first-order valence-electron chi connectivity index (χ1n) is 5.61. The molecule has 0 aliphatic heterocycles. The zero-order valence-electron chi connectivity index (χ0n) is 10.1. The van der Waals surface area contributed by atoms with Crippen LogP contribution >= 0.6 is 0 Å². The van der Waals surface area contributed by atoms with E-state index in [0.29, 0.717) is 18.9 Å². The topological polar surface area (TPSA) is 72.2 Å². The third kappa shape index (κ3) is 3.01. The van der Waals surface area contributed by atoms with Gasteiger partial charge in [-0.05, 0) is 37.5 Å². The molecule has 0 atom stereocenters. The maximum absolute atomic E-state index is 12.7. The van der Waals surface area contributed by atoms with Crippen molar-refractivity contribution in [3.8, 4) is 0 Å². The molecule has 4 nitrogen and oxygen atoms in total. The van der Waals surface area contributed by atoms with Crippen LogP contribution in [0.4, 0.5) is 18.9 Å². The summed E-state index contributed by atoms with van der Waals surface area (Å²) in [5.74, 6) is 0. The normalized spacial score (nSPS) is 16.6. The van der Waals surface area contributed by atoms with Crippen LogP contribution in [0.5, 0.6) is 0 Å². The van der Waals surface area contributed by atoms with Crippen LogP contribution in [0.3, 0.4) is 0 Å². The molecule has 1 aliphatic rings. The summed E-state index contributed by atoms with van der Waals surface area (Å²) in [4.78, 5) is -0.410. The fourth-order valence-corrected chi connectivity index (χ4v) is 3.24. The summed E-state index contributed by atoms with van der Waals surface area (Å²) < 4.78 is 64.4. The highest BCUT2D eigenvalue weighted by Gasteiger charge is 2.35. The molecular weight excluding hydrogens is 281 g/mol. The Bertz CT molecular complexity index is 607. The van der Waals surface area contributed by atoms with Gasteiger partial charge in [-0.15, -0.1) is 0 Å². The first kappa shape index (κ1) is 14.1. The summed E-state index contributed by atoms with van der Waals surface area (Å²) in [6.45, 7) is 1.39. The average Bonchev–Trinajstić information content (AvgIpc) is 3.03. The van der Waals surface area contributed by atoms with Gasteiger partial charge in [-0.2, -0.15) is 13.2 Å². The van der Waals surface area contributed by atoms with Crippen molar-refractivity contribution in [1.82, 2.24) is 4.72 Å². The number of hydrogen-bond acceptors (Lipinski definition) is 3. The number of alkyl halides is 3. The highest BCUT2D eigenvalue weighted by molar-refractivity contribution is 7.89. The van der Waals surface area contributed by atoms with Gasteiger partial charge in [0.25, 0.3) is 0 Å². The van der Waals surface area contributed by atoms with E-state index in [4.69, 9.17) is 5.73 Å². The minimum absolute atomic E-state index is 0.126. The Labute approximate surface area is 108 Å². The summed E-state index contributed by atoms with van der Waals surface area (Å²) in [7, 11) is -3.96. The van der Waals surface area contributed by atoms with Crippen molar-refractivity contribution in [2.75, 3.05) is 5.73 Å². The van der Waals surface area contributed by atoms with E-state index in [1.54, 1.807) is 0 Å². The SMILES string of the molecule is Cc1c(N)cc(C(F)(F)F)cc1S(=O)(=O)NC1CC1. The number of benzene rings is 1. The second kappa shape index (κ2) is 4.38. The molecular formula is C11H13F3N2O2S. The van der Waals surface area contributed by atoms with Crippen LogP contribution in [-0.2, 0) is 16.2 Å². The molecule has 0 heterocycles. The molecule has 0 aromatic heterocycles. The first-order chi connectivity index (χ1) is 8.61. The number of anilines is 1. The lowest BCUT2D eigenvalue weighted by Crippen LogP contribution is -2.27. The molecule has 1 aromatic carbocycles. The van der Waals surface area contributed by atoms with Gasteiger partial charge in [-0.1, -0.05) is 0 Å². The summed E-state index contributed by atoms with van der Waals surface area (Å²) in [6, 6.07) is 1.18. The maximum atomic E-state index is 12.7. The fourth-order valence-electron chi connectivity index (χ4n) is 1.64. The number of sulfonamides is 1. The Morgan fingerprint density at radius 1 is 1.32 bits per heavy atom. The van der Waals surface area contributed by atoms with Gasteiger partial charge in [-0.3, -0.25) is 0 Å². The van der Waals surface area contributed by atoms with Crippen LogP contribution < -0.4 is 10.5 Å². The number of nitrogens with one attached hydrogen (secondary N) is 1. The standard InChI is InChI=1S/C11H13F3N2O2S/c1-6-9(15)4-7(11(12,13)14)5-10(6)19(17,18)16-8-2-3-8/h4-5,8,16H,2-3,15H2,1H3. The van der Waals surface area contributed by atoms with Crippen LogP contribution in [0.1, 0.15) is 24.0 Å². The summed E-state index contributed by atoms with van der Waals surface area (Å²) >= 11 is 0. The molecule has 0 bridgehead atoms. The van der Waals surface area contributed by atoms with Crippen LogP contribution in [0.25, 0.3) is 0 Å². The molecule has 8 heteroatoms. The zero-order valence-corrected chi connectivity index (χ0v) is 10.9. The van der Waals surface area contributed by atoms with Gasteiger partial charge in [0, 0.05) is 11.7 Å². The molecule has 0 unspecified atom stereocenters. The molecule has 0 amide bonds. The van der Waals surface area contributed by atoms with Crippen LogP contribution in [-0.4, -0.2) is 14.5 Å². The summed E-state index contributed by atoms with van der Waals surface area (Å²) in [5.41, 5.74) is 4.34. The minimum Gasteiger partial charge on any atom is -0.398 e. The van der Waals surface area contributed by atoms with E-state index in [9.17, 15) is 21.6 Å². The lowest BCUT2D eigenvalue weighted by atomic mass is 10.1. The van der Waals surface area contributed by atoms with Crippen molar-refractivity contribution in [1.29, 1.82) is 0 Å². The monoisotopic (exact) mass is 294 g/mol. The van der Waals surface area contributed by atoms with Gasteiger partial charge in [0.05, 0.1) is 10.5 Å². The fraction of sp³-hybridized carbons (Fsp3) is 0.455. The molecule has 3 N–H and O–H groups in total. The second-order valence-electron chi connectivity index (χ2n) is 4.58. The van der Waals surface area contributed by atoms with Gasteiger partial charge in [0.2, 0.25) is 10.0 Å². The van der Waals surface area contributed by atoms with Gasteiger partial charge >= 0.3 is 6.18 Å². The highest BCUT2D eigenvalue weighted by atomic mass is 32.2. The number of rotatable bonds is 3. The smallest absolute Gasteiger partial charge is 0.398 e.